The fourth-order valence-corrected chi connectivity index (χ4v) is 1.82. The maximum Gasteiger partial charge on any atom is 0.224 e. The summed E-state index contributed by atoms with van der Waals surface area (Å²) in [5.41, 5.74) is 2.07. The molecular formula is C12H12BrClN4. The summed E-state index contributed by atoms with van der Waals surface area (Å²) in [6.45, 7) is 2.02. The van der Waals surface area contributed by atoms with Gasteiger partial charge in [0.25, 0.3) is 0 Å². The highest BCUT2D eigenvalue weighted by Crippen LogP contribution is 2.26. The van der Waals surface area contributed by atoms with Crippen LogP contribution in [-0.2, 0) is 0 Å². The van der Waals surface area contributed by atoms with E-state index in [1.165, 1.54) is 0 Å². The van der Waals surface area contributed by atoms with Crippen LogP contribution in [0.3, 0.4) is 0 Å². The molecule has 1 aromatic heterocycles. The molecule has 0 aliphatic heterocycles. The maximum absolute atomic E-state index is 6.05. The van der Waals surface area contributed by atoms with Crippen molar-refractivity contribution in [2.45, 2.75) is 6.92 Å². The Kier molecular flexibility index (Phi) is 4.04. The quantitative estimate of drug-likeness (QED) is 0.895. The van der Waals surface area contributed by atoms with Crippen LogP contribution in [0.1, 0.15) is 5.56 Å². The first-order chi connectivity index (χ1) is 8.60. The molecule has 1 heterocycles. The molecule has 0 aliphatic rings. The maximum atomic E-state index is 6.05. The lowest BCUT2D eigenvalue weighted by Crippen LogP contribution is -2.01. The molecule has 2 N–H and O–H groups in total. The number of nitrogens with one attached hydrogen (secondary N) is 2. The van der Waals surface area contributed by atoms with Gasteiger partial charge >= 0.3 is 0 Å². The Morgan fingerprint density at radius 2 is 2.11 bits per heavy atom. The molecule has 1 aromatic carbocycles. The van der Waals surface area contributed by atoms with Gasteiger partial charge in [-0.3, -0.25) is 0 Å². The molecule has 0 aliphatic carbocycles. The minimum atomic E-state index is 0.481. The van der Waals surface area contributed by atoms with E-state index in [0.29, 0.717) is 16.8 Å². The van der Waals surface area contributed by atoms with Crippen molar-refractivity contribution in [3.63, 3.8) is 0 Å². The topological polar surface area (TPSA) is 49.8 Å². The van der Waals surface area contributed by atoms with Gasteiger partial charge in [0.2, 0.25) is 5.95 Å². The highest BCUT2D eigenvalue weighted by molar-refractivity contribution is 9.10. The van der Waals surface area contributed by atoms with Crippen molar-refractivity contribution in [3.8, 4) is 0 Å². The minimum absolute atomic E-state index is 0.481. The summed E-state index contributed by atoms with van der Waals surface area (Å²) >= 11 is 9.51. The third-order valence-electron chi connectivity index (χ3n) is 2.39. The summed E-state index contributed by atoms with van der Waals surface area (Å²) in [6.07, 6.45) is 1.56. The number of benzene rings is 1. The zero-order valence-corrected chi connectivity index (χ0v) is 12.3. The van der Waals surface area contributed by atoms with E-state index in [4.69, 9.17) is 11.6 Å². The second-order valence-electron chi connectivity index (χ2n) is 3.73. The fraction of sp³-hybridized carbons (Fsp3) is 0.167. The van der Waals surface area contributed by atoms with Crippen molar-refractivity contribution < 1.29 is 0 Å². The Morgan fingerprint density at radius 3 is 2.78 bits per heavy atom. The largest absolute Gasteiger partial charge is 0.357 e. The monoisotopic (exact) mass is 326 g/mol. The molecule has 0 spiro atoms. The van der Waals surface area contributed by atoms with Crippen LogP contribution in [0.5, 0.6) is 0 Å². The summed E-state index contributed by atoms with van der Waals surface area (Å²) < 4.78 is 1.07. The van der Waals surface area contributed by atoms with Gasteiger partial charge in [-0.05, 0) is 30.7 Å². The highest BCUT2D eigenvalue weighted by atomic mass is 79.9. The molecule has 0 atom stereocenters. The standard InChI is InChI=1S/C12H12BrClN4/c1-7-5-8(3-4-9(7)13)17-11-10(14)6-16-12(15-2)18-11/h3-6H,1-2H3,(H2,15,16,17,18). The Labute approximate surface area is 119 Å². The van der Waals surface area contributed by atoms with E-state index < -0.39 is 0 Å². The number of anilines is 3. The van der Waals surface area contributed by atoms with E-state index in [2.05, 4.69) is 36.5 Å². The summed E-state index contributed by atoms with van der Waals surface area (Å²) in [4.78, 5) is 8.29. The van der Waals surface area contributed by atoms with E-state index in [0.717, 1.165) is 15.7 Å². The molecule has 4 nitrogen and oxygen atoms in total. The van der Waals surface area contributed by atoms with Crippen LogP contribution in [0, 0.1) is 6.92 Å². The number of aromatic nitrogens is 2. The first-order valence-corrected chi connectivity index (χ1v) is 6.50. The van der Waals surface area contributed by atoms with Gasteiger partial charge in [-0.15, -0.1) is 0 Å². The van der Waals surface area contributed by atoms with E-state index in [1.807, 2.05) is 25.1 Å². The summed E-state index contributed by atoms with van der Waals surface area (Å²) in [6, 6.07) is 5.95. The van der Waals surface area contributed by atoms with Crippen molar-refractivity contribution in [1.82, 2.24) is 9.97 Å². The SMILES string of the molecule is CNc1ncc(Cl)c(Nc2ccc(Br)c(C)c2)n1. The van der Waals surface area contributed by atoms with E-state index >= 15 is 0 Å². The summed E-state index contributed by atoms with van der Waals surface area (Å²) in [7, 11) is 1.76. The van der Waals surface area contributed by atoms with E-state index in [9.17, 15) is 0 Å². The first kappa shape index (κ1) is 13.1. The average molecular weight is 328 g/mol. The predicted molar refractivity (Wildman–Crippen MR) is 78.8 cm³/mol. The number of halogens is 2. The van der Waals surface area contributed by atoms with Gasteiger partial charge < -0.3 is 10.6 Å². The van der Waals surface area contributed by atoms with Gasteiger partial charge in [-0.2, -0.15) is 4.98 Å². The molecule has 0 fully saturated rings. The molecule has 6 heteroatoms. The number of hydrogen-bond acceptors (Lipinski definition) is 4. The third-order valence-corrected chi connectivity index (χ3v) is 3.55. The van der Waals surface area contributed by atoms with Crippen LogP contribution in [-0.4, -0.2) is 17.0 Å². The number of nitrogens with zero attached hydrogens (tertiary/aromatic N) is 2. The van der Waals surface area contributed by atoms with E-state index in [-0.39, 0.29) is 0 Å². The zero-order valence-electron chi connectivity index (χ0n) is 9.96. The number of aryl methyl sites for hydroxylation is 1. The van der Waals surface area contributed by atoms with Crippen molar-refractivity contribution in [3.05, 3.63) is 39.5 Å². The van der Waals surface area contributed by atoms with Gasteiger partial charge in [-0.1, -0.05) is 27.5 Å². The molecule has 0 saturated heterocycles. The molecule has 18 heavy (non-hydrogen) atoms. The first-order valence-electron chi connectivity index (χ1n) is 5.33. The second kappa shape index (κ2) is 5.54. The smallest absolute Gasteiger partial charge is 0.224 e. The highest BCUT2D eigenvalue weighted by Gasteiger charge is 2.05. The third kappa shape index (κ3) is 2.91. The molecule has 2 aromatic rings. The Balaban J connectivity index is 2.30. The van der Waals surface area contributed by atoms with Gasteiger partial charge in [0.15, 0.2) is 5.82 Å². The Morgan fingerprint density at radius 1 is 1.33 bits per heavy atom. The van der Waals surface area contributed by atoms with Crippen LogP contribution in [0.4, 0.5) is 17.5 Å². The molecule has 2 rings (SSSR count). The fourth-order valence-electron chi connectivity index (χ4n) is 1.43. The van der Waals surface area contributed by atoms with Gasteiger partial charge in [0, 0.05) is 17.2 Å². The second-order valence-corrected chi connectivity index (χ2v) is 4.99. The lowest BCUT2D eigenvalue weighted by molar-refractivity contribution is 1.15. The van der Waals surface area contributed by atoms with Crippen molar-refractivity contribution >= 4 is 45.0 Å². The van der Waals surface area contributed by atoms with Crippen LogP contribution < -0.4 is 10.6 Å². The predicted octanol–water partition coefficient (Wildman–Crippen LogP) is 3.99. The lowest BCUT2D eigenvalue weighted by Gasteiger charge is -2.09. The van der Waals surface area contributed by atoms with Crippen molar-refractivity contribution in [2.75, 3.05) is 17.7 Å². The Bertz CT molecular complexity index is 574. The average Bonchev–Trinajstić information content (AvgIpc) is 2.36. The van der Waals surface area contributed by atoms with Crippen LogP contribution in [0.15, 0.2) is 28.9 Å². The van der Waals surface area contributed by atoms with Crippen molar-refractivity contribution in [1.29, 1.82) is 0 Å². The minimum Gasteiger partial charge on any atom is -0.357 e. The zero-order chi connectivity index (χ0) is 13.1. The Hall–Kier alpha value is -1.33. The molecule has 0 radical (unpaired) electrons. The molecular weight excluding hydrogens is 316 g/mol. The lowest BCUT2D eigenvalue weighted by atomic mass is 10.2. The van der Waals surface area contributed by atoms with Gasteiger partial charge in [0.05, 0.1) is 6.20 Å². The van der Waals surface area contributed by atoms with Gasteiger partial charge in [0.1, 0.15) is 5.02 Å². The molecule has 0 amide bonds. The van der Waals surface area contributed by atoms with E-state index in [1.54, 1.807) is 13.2 Å². The van der Waals surface area contributed by atoms with Crippen LogP contribution >= 0.6 is 27.5 Å². The van der Waals surface area contributed by atoms with Crippen molar-refractivity contribution in [2.24, 2.45) is 0 Å². The molecule has 0 bridgehead atoms. The summed E-state index contributed by atoms with van der Waals surface area (Å²) in [5.74, 6) is 1.11. The van der Waals surface area contributed by atoms with Gasteiger partial charge in [-0.25, -0.2) is 4.98 Å². The normalized spacial score (nSPS) is 10.2. The molecule has 0 saturated carbocycles. The number of hydrogen-bond donors (Lipinski definition) is 2. The molecule has 94 valence electrons. The van der Waals surface area contributed by atoms with Crippen LogP contribution in [0.2, 0.25) is 5.02 Å². The number of rotatable bonds is 3. The van der Waals surface area contributed by atoms with Crippen LogP contribution in [0.25, 0.3) is 0 Å². The summed E-state index contributed by atoms with van der Waals surface area (Å²) in [5, 5.41) is 6.52. The molecule has 0 unspecified atom stereocenters.